The van der Waals surface area contributed by atoms with Gasteiger partial charge in [-0.2, -0.15) is 13.2 Å². The molecule has 1 N–H and O–H groups in total. The highest BCUT2D eigenvalue weighted by atomic mass is 19.4. The van der Waals surface area contributed by atoms with Crippen LogP contribution in [0.5, 0.6) is 0 Å². The third-order valence-corrected chi connectivity index (χ3v) is 0.657. The van der Waals surface area contributed by atoms with Gasteiger partial charge >= 0.3 is 6.18 Å². The fraction of sp³-hybridized carbons (Fsp3) is 0.333. The van der Waals surface area contributed by atoms with Crippen LogP contribution in [0.3, 0.4) is 0 Å². The largest absolute Gasteiger partial charge is 0.411 e. The van der Waals surface area contributed by atoms with Gasteiger partial charge in [0.05, 0.1) is 0 Å². The van der Waals surface area contributed by atoms with Gasteiger partial charge in [0.15, 0.2) is 0 Å². The molecular weight excluding hydrogens is 173 g/mol. The lowest BCUT2D eigenvalue weighted by atomic mass is 10.7. The van der Waals surface area contributed by atoms with E-state index in [4.69, 9.17) is 5.11 Å². The van der Waals surface area contributed by atoms with Crippen molar-refractivity contribution in [2.24, 2.45) is 0 Å². The van der Waals surface area contributed by atoms with Crippen LogP contribution >= 0.6 is 0 Å². The first-order valence-corrected chi connectivity index (χ1v) is 2.94. The number of hydrogen-bond donors (Lipinski definition) is 1. The van der Waals surface area contributed by atoms with Gasteiger partial charge in [-0.05, 0) is 6.07 Å². The molecule has 0 aliphatic heterocycles. The first-order valence-electron chi connectivity index (χ1n) is 2.94. The van der Waals surface area contributed by atoms with E-state index >= 15 is 0 Å². The van der Waals surface area contributed by atoms with Gasteiger partial charge in [0, 0.05) is 12.4 Å². The van der Waals surface area contributed by atoms with Gasteiger partial charge in [-0.15, -0.1) is 0 Å². The molecule has 0 unspecified atom stereocenters. The summed E-state index contributed by atoms with van der Waals surface area (Å²) >= 11 is 0. The highest BCUT2D eigenvalue weighted by Gasteiger charge is 2.24. The van der Waals surface area contributed by atoms with Crippen molar-refractivity contribution in [3.05, 3.63) is 24.8 Å². The summed E-state index contributed by atoms with van der Waals surface area (Å²) in [6.45, 7) is -1.73. The highest BCUT2D eigenvalue weighted by Crippen LogP contribution is 2.11. The summed E-state index contributed by atoms with van der Waals surface area (Å²) in [6.07, 6.45) is 0.472. The third kappa shape index (κ3) is 8.83. The molecule has 0 fully saturated rings. The van der Waals surface area contributed by atoms with E-state index in [0.29, 0.717) is 0 Å². The van der Waals surface area contributed by atoms with Crippen LogP contribution in [0.1, 0.15) is 0 Å². The number of rotatable bonds is 0. The predicted molar refractivity (Wildman–Crippen MR) is 35.2 cm³/mol. The van der Waals surface area contributed by atoms with E-state index in [1.807, 2.05) is 0 Å². The number of halogens is 3. The SMILES string of the molecule is OCC(F)(F)F.c1cncnc1. The molecular formula is C6H7F3N2O. The average molecular weight is 180 g/mol. The molecule has 68 valence electrons. The highest BCUT2D eigenvalue weighted by molar-refractivity contribution is 4.74. The van der Waals surface area contributed by atoms with Crippen LogP contribution in [-0.4, -0.2) is 27.9 Å². The number of aliphatic hydroxyl groups is 1. The second-order valence-electron chi connectivity index (χ2n) is 1.68. The summed E-state index contributed by atoms with van der Waals surface area (Å²) in [5.41, 5.74) is 0. The maximum absolute atomic E-state index is 10.5. The zero-order valence-electron chi connectivity index (χ0n) is 5.99. The lowest BCUT2D eigenvalue weighted by Crippen LogP contribution is -2.12. The molecule has 0 saturated heterocycles. The molecule has 0 aromatic carbocycles. The molecule has 1 rings (SSSR count). The smallest absolute Gasteiger partial charge is 0.387 e. The number of aliphatic hydroxyl groups excluding tert-OH is 1. The second-order valence-corrected chi connectivity index (χ2v) is 1.68. The minimum absolute atomic E-state index is 1.50. The standard InChI is InChI=1S/C4H4N2.C2H3F3O/c1-2-5-4-6-3-1;3-2(4,5)1-6/h1-4H;6H,1H2. The Balaban J connectivity index is 0.000000202. The van der Waals surface area contributed by atoms with Crippen molar-refractivity contribution in [2.75, 3.05) is 6.61 Å². The van der Waals surface area contributed by atoms with E-state index < -0.39 is 12.8 Å². The Labute approximate surface area is 66.9 Å². The van der Waals surface area contributed by atoms with Gasteiger partial charge < -0.3 is 5.11 Å². The Kier molecular flexibility index (Phi) is 4.94. The molecule has 1 aromatic rings. The lowest BCUT2D eigenvalue weighted by Gasteiger charge is -1.95. The van der Waals surface area contributed by atoms with Gasteiger partial charge in [-0.25, -0.2) is 9.97 Å². The molecule has 1 heterocycles. The van der Waals surface area contributed by atoms with Crippen molar-refractivity contribution in [3.8, 4) is 0 Å². The molecule has 3 nitrogen and oxygen atoms in total. The van der Waals surface area contributed by atoms with Crippen molar-refractivity contribution in [1.82, 2.24) is 9.97 Å². The molecule has 12 heavy (non-hydrogen) atoms. The van der Waals surface area contributed by atoms with E-state index in [9.17, 15) is 13.2 Å². The summed E-state index contributed by atoms with van der Waals surface area (Å²) in [4.78, 5) is 7.35. The van der Waals surface area contributed by atoms with E-state index in [2.05, 4.69) is 9.97 Å². The summed E-state index contributed by atoms with van der Waals surface area (Å²) < 4.78 is 31.6. The first-order chi connectivity index (χ1) is 5.56. The number of hydrogen-bond acceptors (Lipinski definition) is 3. The molecule has 0 aliphatic rings. The predicted octanol–water partition coefficient (Wildman–Crippen LogP) is 1.02. The minimum atomic E-state index is -4.40. The number of aromatic nitrogens is 2. The van der Waals surface area contributed by atoms with Crippen LogP contribution < -0.4 is 0 Å². The van der Waals surface area contributed by atoms with E-state index in [1.165, 1.54) is 6.33 Å². The van der Waals surface area contributed by atoms with Crippen molar-refractivity contribution < 1.29 is 18.3 Å². The molecule has 0 amide bonds. The monoisotopic (exact) mass is 180 g/mol. The molecule has 0 radical (unpaired) electrons. The van der Waals surface area contributed by atoms with Gasteiger partial charge in [-0.3, -0.25) is 0 Å². The average Bonchev–Trinajstić information content (AvgIpc) is 2.07. The Morgan fingerprint density at radius 1 is 1.17 bits per heavy atom. The van der Waals surface area contributed by atoms with Gasteiger partial charge in [0.25, 0.3) is 0 Å². The molecule has 0 bridgehead atoms. The number of nitrogens with zero attached hydrogens (tertiary/aromatic N) is 2. The van der Waals surface area contributed by atoms with Gasteiger partial charge in [0.1, 0.15) is 12.9 Å². The Bertz CT molecular complexity index is 163. The summed E-state index contributed by atoms with van der Waals surface area (Å²) in [6, 6.07) is 1.78. The molecule has 0 spiro atoms. The van der Waals surface area contributed by atoms with Gasteiger partial charge in [0.2, 0.25) is 0 Å². The van der Waals surface area contributed by atoms with Crippen LogP contribution in [0.25, 0.3) is 0 Å². The molecule has 0 saturated carbocycles. The van der Waals surface area contributed by atoms with Crippen molar-refractivity contribution in [3.63, 3.8) is 0 Å². The Morgan fingerprint density at radius 3 is 1.67 bits per heavy atom. The summed E-state index contributed by atoms with van der Waals surface area (Å²) in [7, 11) is 0. The van der Waals surface area contributed by atoms with E-state index in [1.54, 1.807) is 18.5 Å². The van der Waals surface area contributed by atoms with Crippen LogP contribution in [0.4, 0.5) is 13.2 Å². The van der Waals surface area contributed by atoms with Crippen LogP contribution in [0, 0.1) is 0 Å². The van der Waals surface area contributed by atoms with Crippen molar-refractivity contribution in [1.29, 1.82) is 0 Å². The fourth-order valence-electron chi connectivity index (χ4n) is 0.253. The van der Waals surface area contributed by atoms with Gasteiger partial charge in [-0.1, -0.05) is 0 Å². The summed E-state index contributed by atoms with van der Waals surface area (Å²) in [5.74, 6) is 0. The Hall–Kier alpha value is -1.17. The van der Waals surface area contributed by atoms with E-state index in [0.717, 1.165) is 0 Å². The second kappa shape index (κ2) is 5.48. The third-order valence-electron chi connectivity index (χ3n) is 0.657. The molecule has 1 aromatic heterocycles. The minimum Gasteiger partial charge on any atom is -0.387 e. The van der Waals surface area contributed by atoms with Crippen molar-refractivity contribution >= 4 is 0 Å². The summed E-state index contributed by atoms with van der Waals surface area (Å²) in [5, 5.41) is 7.28. The number of alkyl halides is 3. The quantitative estimate of drug-likeness (QED) is 0.648. The zero-order chi connectivity index (χ0) is 9.45. The van der Waals surface area contributed by atoms with Crippen LogP contribution in [-0.2, 0) is 0 Å². The fourth-order valence-corrected chi connectivity index (χ4v) is 0.253. The maximum atomic E-state index is 10.5. The molecule has 0 aliphatic carbocycles. The van der Waals surface area contributed by atoms with Crippen LogP contribution in [0.15, 0.2) is 24.8 Å². The van der Waals surface area contributed by atoms with Crippen LogP contribution in [0.2, 0.25) is 0 Å². The molecule has 6 heteroatoms. The zero-order valence-corrected chi connectivity index (χ0v) is 5.99. The van der Waals surface area contributed by atoms with E-state index in [-0.39, 0.29) is 0 Å². The first kappa shape index (κ1) is 10.8. The maximum Gasteiger partial charge on any atom is 0.411 e. The topological polar surface area (TPSA) is 46.0 Å². The molecule has 0 atom stereocenters. The normalized spacial score (nSPS) is 10.0. The lowest BCUT2D eigenvalue weighted by molar-refractivity contribution is -0.159. The van der Waals surface area contributed by atoms with Crippen molar-refractivity contribution in [2.45, 2.75) is 6.18 Å². The Morgan fingerprint density at radius 2 is 1.58 bits per heavy atom.